The fourth-order valence-electron chi connectivity index (χ4n) is 4.79. The maximum atomic E-state index is 11.0. The van der Waals surface area contributed by atoms with Gasteiger partial charge in [0.2, 0.25) is 0 Å². The first kappa shape index (κ1) is 32.0. The normalized spacial score (nSPS) is 11.1. The van der Waals surface area contributed by atoms with Crippen LogP contribution in [0.25, 0.3) is 22.3 Å². The second kappa shape index (κ2) is 17.2. The Morgan fingerprint density at radius 1 is 0.773 bits per heavy atom. The highest BCUT2D eigenvalue weighted by Crippen LogP contribution is 2.28. The average molecular weight is 589 g/mol. The van der Waals surface area contributed by atoms with E-state index < -0.39 is 0 Å². The van der Waals surface area contributed by atoms with Crippen LogP contribution in [-0.4, -0.2) is 38.7 Å². The molecule has 0 saturated heterocycles. The number of carbonyl (C=O) groups excluding carboxylic acids is 1. The van der Waals surface area contributed by atoms with Crippen LogP contribution in [0.1, 0.15) is 49.3 Å². The Morgan fingerprint density at radius 3 is 2.18 bits per heavy atom. The minimum absolute atomic E-state index is 0.368. The summed E-state index contributed by atoms with van der Waals surface area (Å²) in [6.07, 6.45) is 9.45. The maximum Gasteiger partial charge on any atom is 0.330 e. The van der Waals surface area contributed by atoms with Gasteiger partial charge in [0, 0.05) is 11.6 Å². The van der Waals surface area contributed by atoms with Crippen LogP contribution in [0.2, 0.25) is 0 Å². The number of esters is 1. The number of benzene rings is 4. The van der Waals surface area contributed by atoms with E-state index >= 15 is 0 Å². The molecule has 4 aromatic rings. The minimum atomic E-state index is -0.368. The zero-order valence-electron chi connectivity index (χ0n) is 25.6. The second-order valence-electron chi connectivity index (χ2n) is 10.2. The highest BCUT2D eigenvalue weighted by atomic mass is 16.5. The molecule has 0 aliphatic carbocycles. The Kier molecular flexibility index (Phi) is 12.5. The van der Waals surface area contributed by atoms with Crippen LogP contribution in [-0.2, 0) is 16.0 Å². The van der Waals surface area contributed by atoms with Crippen molar-refractivity contribution in [3.63, 3.8) is 0 Å². The van der Waals surface area contributed by atoms with Crippen LogP contribution in [0, 0.1) is 0 Å². The monoisotopic (exact) mass is 588 g/mol. The van der Waals surface area contributed by atoms with Gasteiger partial charge in [0.25, 0.3) is 0 Å². The van der Waals surface area contributed by atoms with Crippen molar-refractivity contribution in [2.24, 2.45) is 10.2 Å². The van der Waals surface area contributed by atoms with E-state index in [1.165, 1.54) is 22.8 Å². The molecule has 0 spiro atoms. The van der Waals surface area contributed by atoms with Crippen molar-refractivity contribution in [3.8, 4) is 33.8 Å². The van der Waals surface area contributed by atoms with Crippen molar-refractivity contribution in [1.29, 1.82) is 0 Å². The van der Waals surface area contributed by atoms with E-state index in [0.29, 0.717) is 13.2 Å². The topological polar surface area (TPSA) is 69.5 Å². The molecule has 0 N–H and O–H groups in total. The summed E-state index contributed by atoms with van der Waals surface area (Å²) in [7, 11) is 1.65. The van der Waals surface area contributed by atoms with Gasteiger partial charge in [-0.15, -0.1) is 0 Å². The van der Waals surface area contributed by atoms with Crippen LogP contribution in [0.15, 0.2) is 114 Å². The summed E-state index contributed by atoms with van der Waals surface area (Å²) in [5.41, 5.74) is 7.73. The molecule has 0 aliphatic heterocycles. The predicted molar refractivity (Wildman–Crippen MR) is 180 cm³/mol. The summed E-state index contributed by atoms with van der Waals surface area (Å²) in [5, 5.41) is 8.58. The lowest BCUT2D eigenvalue weighted by atomic mass is 9.97. The van der Waals surface area contributed by atoms with Gasteiger partial charge < -0.3 is 14.2 Å². The first-order chi connectivity index (χ1) is 21.6. The molecule has 0 amide bonds. The summed E-state index contributed by atoms with van der Waals surface area (Å²) in [6, 6.07) is 30.9. The van der Waals surface area contributed by atoms with Gasteiger partial charge in [0.1, 0.15) is 11.5 Å². The molecule has 4 rings (SSSR count). The molecule has 0 atom stereocenters. The highest BCUT2D eigenvalue weighted by Gasteiger charge is 2.06. The number of unbranched alkanes of at least 4 members (excludes halogenated alkanes) is 3. The number of ether oxygens (including phenoxy) is 3. The maximum absolute atomic E-state index is 11.0. The van der Waals surface area contributed by atoms with Crippen molar-refractivity contribution in [3.05, 3.63) is 120 Å². The molecule has 0 aromatic heterocycles. The zero-order chi connectivity index (χ0) is 31.0. The number of rotatable bonds is 16. The van der Waals surface area contributed by atoms with Crippen molar-refractivity contribution < 1.29 is 19.0 Å². The number of hydrogen-bond donors (Lipinski definition) is 0. The lowest BCUT2D eigenvalue weighted by molar-refractivity contribution is -0.137. The third kappa shape index (κ3) is 9.53. The summed E-state index contributed by atoms with van der Waals surface area (Å²) in [6.45, 7) is 6.65. The van der Waals surface area contributed by atoms with Crippen molar-refractivity contribution in [2.75, 3.05) is 20.3 Å². The molecule has 0 heterocycles. The summed E-state index contributed by atoms with van der Waals surface area (Å²) < 4.78 is 16.5. The fraction of sp³-hybridized carbons (Fsp3) is 0.237. The Labute approximate surface area is 260 Å². The van der Waals surface area contributed by atoms with Gasteiger partial charge in [0.15, 0.2) is 0 Å². The SMILES string of the molecule is C=CC(=O)OCCCCCCOc1ccc(-c2ccc(OC)c(/C=N/N=C/c3ccc(-c4ccccc4CC)cc3)c2)cc1. The number of nitrogens with zero attached hydrogens (tertiary/aromatic N) is 2. The van der Waals surface area contributed by atoms with E-state index in [1.54, 1.807) is 19.5 Å². The van der Waals surface area contributed by atoms with Crippen LogP contribution in [0.5, 0.6) is 11.5 Å². The Balaban J connectivity index is 1.30. The Morgan fingerprint density at radius 2 is 1.45 bits per heavy atom. The first-order valence-corrected chi connectivity index (χ1v) is 15.1. The number of methoxy groups -OCH3 is 1. The van der Waals surface area contributed by atoms with Crippen molar-refractivity contribution in [2.45, 2.75) is 39.0 Å². The van der Waals surface area contributed by atoms with E-state index in [-0.39, 0.29) is 5.97 Å². The minimum Gasteiger partial charge on any atom is -0.496 e. The summed E-state index contributed by atoms with van der Waals surface area (Å²) in [4.78, 5) is 11.0. The van der Waals surface area contributed by atoms with Gasteiger partial charge >= 0.3 is 5.97 Å². The number of carbonyl (C=O) groups is 1. The highest BCUT2D eigenvalue weighted by molar-refractivity contribution is 5.87. The average Bonchev–Trinajstić information content (AvgIpc) is 3.08. The van der Waals surface area contributed by atoms with Crippen LogP contribution >= 0.6 is 0 Å². The molecular formula is C38H40N2O4. The van der Waals surface area contributed by atoms with Gasteiger partial charge in [-0.2, -0.15) is 10.2 Å². The molecule has 226 valence electrons. The molecule has 0 bridgehead atoms. The molecule has 4 aromatic carbocycles. The Hall–Kier alpha value is -4.97. The summed E-state index contributed by atoms with van der Waals surface area (Å²) in [5.74, 6) is 1.19. The molecule has 0 unspecified atom stereocenters. The van der Waals surface area contributed by atoms with E-state index in [1.807, 2.05) is 42.5 Å². The van der Waals surface area contributed by atoms with Gasteiger partial charge in [-0.05, 0) is 89.8 Å². The van der Waals surface area contributed by atoms with Gasteiger partial charge in [-0.25, -0.2) is 4.79 Å². The lowest BCUT2D eigenvalue weighted by Gasteiger charge is -2.10. The molecule has 6 heteroatoms. The van der Waals surface area contributed by atoms with Crippen LogP contribution in [0.4, 0.5) is 0 Å². The van der Waals surface area contributed by atoms with Crippen LogP contribution < -0.4 is 9.47 Å². The smallest absolute Gasteiger partial charge is 0.330 e. The molecule has 0 saturated carbocycles. The standard InChI is InChI=1S/C38H40N2O4/c1-4-30-12-8-9-13-36(30)32-16-14-29(15-17-32)27-39-40-28-34-26-33(20-23-37(34)42-3)31-18-21-35(22-19-31)43-24-10-6-7-11-25-44-38(41)5-2/h5,8-9,12-23,26-28H,2,4,6-7,10-11,24-25H2,1,3H3/b39-27+,40-28+. The molecule has 0 aliphatic rings. The third-order valence-electron chi connectivity index (χ3n) is 7.23. The predicted octanol–water partition coefficient (Wildman–Crippen LogP) is 8.71. The van der Waals surface area contributed by atoms with Gasteiger partial charge in [-0.3, -0.25) is 0 Å². The molecule has 0 radical (unpaired) electrons. The first-order valence-electron chi connectivity index (χ1n) is 15.1. The van der Waals surface area contributed by atoms with E-state index in [0.717, 1.165) is 65.9 Å². The Bertz CT molecular complexity index is 1560. The number of aryl methyl sites for hydroxylation is 1. The fourth-order valence-corrected chi connectivity index (χ4v) is 4.79. The molecule has 0 fully saturated rings. The van der Waals surface area contributed by atoms with Gasteiger partial charge in [0.05, 0.1) is 32.8 Å². The van der Waals surface area contributed by atoms with E-state index in [2.05, 4.69) is 72.2 Å². The lowest BCUT2D eigenvalue weighted by Crippen LogP contribution is -2.02. The zero-order valence-corrected chi connectivity index (χ0v) is 25.6. The molecule has 6 nitrogen and oxygen atoms in total. The summed E-state index contributed by atoms with van der Waals surface area (Å²) >= 11 is 0. The number of hydrogen-bond acceptors (Lipinski definition) is 6. The van der Waals surface area contributed by atoms with Crippen LogP contribution in [0.3, 0.4) is 0 Å². The quantitative estimate of drug-likeness (QED) is 0.0432. The second-order valence-corrected chi connectivity index (χ2v) is 10.2. The van der Waals surface area contributed by atoms with Crippen molar-refractivity contribution >= 4 is 18.4 Å². The van der Waals surface area contributed by atoms with E-state index in [4.69, 9.17) is 14.2 Å². The van der Waals surface area contributed by atoms with Gasteiger partial charge in [-0.1, -0.05) is 80.2 Å². The largest absolute Gasteiger partial charge is 0.496 e. The third-order valence-corrected chi connectivity index (χ3v) is 7.23. The molecule has 44 heavy (non-hydrogen) atoms. The molecular weight excluding hydrogens is 548 g/mol. The van der Waals surface area contributed by atoms with Crippen molar-refractivity contribution in [1.82, 2.24) is 0 Å². The van der Waals surface area contributed by atoms with E-state index in [9.17, 15) is 4.79 Å².